The molecule has 21 heavy (non-hydrogen) atoms. The summed E-state index contributed by atoms with van der Waals surface area (Å²) in [4.78, 5) is 24.3. The lowest BCUT2D eigenvalue weighted by Crippen LogP contribution is -2.11. The molecule has 0 bridgehead atoms. The molecule has 110 valence electrons. The number of benzene rings is 1. The highest BCUT2D eigenvalue weighted by Crippen LogP contribution is 2.27. The van der Waals surface area contributed by atoms with Gasteiger partial charge in [-0.25, -0.2) is 4.79 Å². The Kier molecular flexibility index (Phi) is 5.55. The van der Waals surface area contributed by atoms with Gasteiger partial charge in [0.05, 0.1) is 26.5 Å². The van der Waals surface area contributed by atoms with Crippen LogP contribution in [-0.2, 0) is 4.74 Å². The molecule has 0 aliphatic rings. The summed E-state index contributed by atoms with van der Waals surface area (Å²) in [6.07, 6.45) is 0. The van der Waals surface area contributed by atoms with Crippen LogP contribution in [0.5, 0.6) is 0 Å². The Bertz CT molecular complexity index is 685. The topological polar surface area (TPSA) is 55.4 Å². The largest absolute Gasteiger partial charge is 0.462 e. The third kappa shape index (κ3) is 4.15. The summed E-state index contributed by atoms with van der Waals surface area (Å²) in [5, 5.41) is 2.79. The van der Waals surface area contributed by atoms with E-state index in [0.29, 0.717) is 27.2 Å². The highest BCUT2D eigenvalue weighted by Gasteiger charge is 2.13. The monoisotopic (exact) mass is 431 g/mol. The highest BCUT2D eigenvalue weighted by atomic mass is 79.9. The van der Waals surface area contributed by atoms with Crippen molar-refractivity contribution < 1.29 is 14.3 Å². The van der Waals surface area contributed by atoms with Gasteiger partial charge < -0.3 is 10.1 Å². The summed E-state index contributed by atoms with van der Waals surface area (Å²) in [6, 6.07) is 8.46. The zero-order chi connectivity index (χ0) is 15.4. The number of amides is 1. The second kappa shape index (κ2) is 7.20. The molecule has 1 aromatic heterocycles. The number of rotatable bonds is 4. The molecule has 2 aromatic rings. The maximum Gasteiger partial charge on any atom is 0.338 e. The van der Waals surface area contributed by atoms with Crippen LogP contribution in [-0.4, -0.2) is 18.5 Å². The van der Waals surface area contributed by atoms with Gasteiger partial charge in [0.1, 0.15) is 0 Å². The van der Waals surface area contributed by atoms with Gasteiger partial charge in [0.2, 0.25) is 0 Å². The fraction of sp³-hybridized carbons (Fsp3) is 0.143. The maximum atomic E-state index is 12.1. The van der Waals surface area contributed by atoms with E-state index < -0.39 is 5.97 Å². The molecule has 0 fully saturated rings. The SMILES string of the molecule is CCOC(=O)c1ccc(NC(=O)c2ccc(Br)s2)c(Br)c1. The van der Waals surface area contributed by atoms with Gasteiger partial charge in [-0.3, -0.25) is 4.79 Å². The smallest absolute Gasteiger partial charge is 0.338 e. The first-order chi connectivity index (χ1) is 10.0. The predicted molar refractivity (Wildman–Crippen MR) is 90.1 cm³/mol. The van der Waals surface area contributed by atoms with Crippen molar-refractivity contribution in [3.8, 4) is 0 Å². The van der Waals surface area contributed by atoms with Crippen LogP contribution in [0.3, 0.4) is 0 Å². The Morgan fingerprint density at radius 1 is 1.24 bits per heavy atom. The first-order valence-electron chi connectivity index (χ1n) is 6.04. The van der Waals surface area contributed by atoms with E-state index in [4.69, 9.17) is 4.74 Å². The van der Waals surface area contributed by atoms with Gasteiger partial charge in [0.15, 0.2) is 0 Å². The van der Waals surface area contributed by atoms with Gasteiger partial charge >= 0.3 is 5.97 Å². The molecule has 4 nitrogen and oxygen atoms in total. The Morgan fingerprint density at radius 3 is 2.57 bits per heavy atom. The van der Waals surface area contributed by atoms with Crippen molar-refractivity contribution in [3.63, 3.8) is 0 Å². The van der Waals surface area contributed by atoms with E-state index in [1.165, 1.54) is 11.3 Å². The summed E-state index contributed by atoms with van der Waals surface area (Å²) in [5.74, 6) is -0.589. The van der Waals surface area contributed by atoms with Crippen LogP contribution in [0, 0.1) is 0 Å². The van der Waals surface area contributed by atoms with E-state index in [2.05, 4.69) is 37.2 Å². The summed E-state index contributed by atoms with van der Waals surface area (Å²) < 4.78 is 6.44. The average molecular weight is 433 g/mol. The van der Waals surface area contributed by atoms with E-state index in [0.717, 1.165) is 3.79 Å². The molecule has 7 heteroatoms. The van der Waals surface area contributed by atoms with Crippen molar-refractivity contribution in [1.29, 1.82) is 0 Å². The number of carbonyl (C=O) groups excluding carboxylic acids is 2. The molecule has 0 aliphatic heterocycles. The summed E-state index contributed by atoms with van der Waals surface area (Å²) in [5.41, 5.74) is 1.03. The van der Waals surface area contributed by atoms with Gasteiger partial charge in [-0.15, -0.1) is 11.3 Å². The Morgan fingerprint density at radius 2 is 2.00 bits per heavy atom. The molecule has 0 saturated carbocycles. The zero-order valence-electron chi connectivity index (χ0n) is 11.0. The van der Waals surface area contributed by atoms with Crippen LogP contribution in [0.15, 0.2) is 38.6 Å². The van der Waals surface area contributed by atoms with Crippen LogP contribution in [0.2, 0.25) is 0 Å². The second-order valence-corrected chi connectivity index (χ2v) is 7.29. The Balaban J connectivity index is 2.14. The third-order valence-corrected chi connectivity index (χ3v) is 4.80. The first-order valence-corrected chi connectivity index (χ1v) is 8.45. The summed E-state index contributed by atoms with van der Waals surface area (Å²) >= 11 is 8.01. The minimum Gasteiger partial charge on any atom is -0.462 e. The molecule has 1 aromatic carbocycles. The maximum absolute atomic E-state index is 12.1. The van der Waals surface area contributed by atoms with Gasteiger partial charge in [-0.05, 0) is 69.1 Å². The molecule has 0 spiro atoms. The number of hydrogen-bond donors (Lipinski definition) is 1. The van der Waals surface area contributed by atoms with Crippen LogP contribution in [0.25, 0.3) is 0 Å². The van der Waals surface area contributed by atoms with E-state index in [1.54, 1.807) is 31.2 Å². The first kappa shape index (κ1) is 16.2. The molecule has 0 radical (unpaired) electrons. The fourth-order valence-electron chi connectivity index (χ4n) is 1.58. The van der Waals surface area contributed by atoms with Crippen LogP contribution < -0.4 is 5.32 Å². The van der Waals surface area contributed by atoms with Gasteiger partial charge in [-0.1, -0.05) is 0 Å². The van der Waals surface area contributed by atoms with Crippen molar-refractivity contribution in [2.24, 2.45) is 0 Å². The van der Waals surface area contributed by atoms with Gasteiger partial charge in [-0.2, -0.15) is 0 Å². The highest BCUT2D eigenvalue weighted by molar-refractivity contribution is 9.11. The lowest BCUT2D eigenvalue weighted by atomic mass is 10.2. The number of carbonyl (C=O) groups is 2. The lowest BCUT2D eigenvalue weighted by molar-refractivity contribution is 0.0526. The van der Waals surface area contributed by atoms with Crippen molar-refractivity contribution >= 4 is 60.8 Å². The Labute approximate surface area is 142 Å². The molecule has 1 amide bonds. The molecule has 0 atom stereocenters. The summed E-state index contributed by atoms with van der Waals surface area (Å²) in [7, 11) is 0. The molecule has 0 unspecified atom stereocenters. The van der Waals surface area contributed by atoms with Gasteiger partial charge in [0.25, 0.3) is 5.91 Å². The number of ether oxygens (including phenoxy) is 1. The number of hydrogen-bond acceptors (Lipinski definition) is 4. The number of nitrogens with one attached hydrogen (secondary N) is 1. The third-order valence-electron chi connectivity index (χ3n) is 2.53. The Hall–Kier alpha value is -1.18. The van der Waals surface area contributed by atoms with E-state index in [-0.39, 0.29) is 5.91 Å². The molecule has 0 aliphatic carbocycles. The van der Waals surface area contributed by atoms with E-state index >= 15 is 0 Å². The number of anilines is 1. The molecule has 2 rings (SSSR count). The van der Waals surface area contributed by atoms with Crippen molar-refractivity contribution in [1.82, 2.24) is 0 Å². The quantitative estimate of drug-likeness (QED) is 0.712. The van der Waals surface area contributed by atoms with Crippen LogP contribution >= 0.6 is 43.2 Å². The van der Waals surface area contributed by atoms with Crippen molar-refractivity contribution in [3.05, 3.63) is 49.0 Å². The second-order valence-electron chi connectivity index (χ2n) is 3.97. The minimum absolute atomic E-state index is 0.199. The lowest BCUT2D eigenvalue weighted by Gasteiger charge is -2.08. The van der Waals surface area contributed by atoms with Crippen LogP contribution in [0.4, 0.5) is 5.69 Å². The number of esters is 1. The number of thiophene rings is 1. The van der Waals surface area contributed by atoms with Gasteiger partial charge in [0, 0.05) is 4.47 Å². The zero-order valence-corrected chi connectivity index (χ0v) is 15.0. The van der Waals surface area contributed by atoms with Crippen LogP contribution in [0.1, 0.15) is 27.0 Å². The average Bonchev–Trinajstić information content (AvgIpc) is 2.88. The van der Waals surface area contributed by atoms with Crippen molar-refractivity contribution in [2.75, 3.05) is 11.9 Å². The van der Waals surface area contributed by atoms with Crippen molar-refractivity contribution in [2.45, 2.75) is 6.92 Å². The van der Waals surface area contributed by atoms with E-state index in [9.17, 15) is 9.59 Å². The normalized spacial score (nSPS) is 10.2. The molecular formula is C14H11Br2NO3S. The molecule has 1 N–H and O–H groups in total. The summed E-state index contributed by atoms with van der Waals surface area (Å²) in [6.45, 7) is 2.07. The van der Waals surface area contributed by atoms with E-state index in [1.807, 2.05) is 6.07 Å². The standard InChI is InChI=1S/C14H11Br2NO3S/c1-2-20-14(19)8-3-4-10(9(15)7-8)17-13(18)11-5-6-12(16)21-11/h3-7H,2H2,1H3,(H,17,18). The molecular weight excluding hydrogens is 422 g/mol. The fourth-order valence-corrected chi connectivity index (χ4v) is 3.34. The molecule has 1 heterocycles. The number of halogens is 2. The molecule has 0 saturated heterocycles. The minimum atomic E-state index is -0.390. The predicted octanol–water partition coefficient (Wildman–Crippen LogP) is 4.70.